The van der Waals surface area contributed by atoms with Crippen LogP contribution in [0.25, 0.3) is 10.2 Å². The van der Waals surface area contributed by atoms with Crippen LogP contribution in [0.15, 0.2) is 23.1 Å². The van der Waals surface area contributed by atoms with Gasteiger partial charge in [-0.05, 0) is 36.5 Å². The number of aromatic nitrogens is 2. The van der Waals surface area contributed by atoms with Crippen molar-refractivity contribution in [3.05, 3.63) is 28.7 Å². The van der Waals surface area contributed by atoms with Crippen LogP contribution in [0, 0.1) is 0 Å². The zero-order valence-corrected chi connectivity index (χ0v) is 9.94. The summed E-state index contributed by atoms with van der Waals surface area (Å²) in [6.45, 7) is 1.49. The molecule has 3 rings (SSSR count). The number of hydrogen-bond acceptors (Lipinski definition) is 4. The number of nitrogens with zero attached hydrogens (tertiary/aromatic N) is 3. The molecule has 0 bridgehead atoms. The first-order valence-corrected chi connectivity index (χ1v) is 6.31. The highest BCUT2D eigenvalue weighted by atomic mass is 32.1. The van der Waals surface area contributed by atoms with Crippen LogP contribution in [0.5, 0.6) is 0 Å². The minimum atomic E-state index is -0.255. The normalized spacial score (nSPS) is 15.6. The molecule has 1 aliphatic heterocycles. The maximum absolute atomic E-state index is 12.1. The van der Waals surface area contributed by atoms with E-state index in [9.17, 15) is 9.59 Å². The molecule has 3 heterocycles. The Morgan fingerprint density at radius 2 is 2.12 bits per heavy atom. The lowest BCUT2D eigenvalue weighted by Gasteiger charge is -2.13. The molecular weight excluding hydrogens is 238 g/mol. The Bertz CT molecular complexity index is 625. The Kier molecular flexibility index (Phi) is 2.44. The van der Waals surface area contributed by atoms with Crippen molar-refractivity contribution in [1.29, 1.82) is 0 Å². The van der Waals surface area contributed by atoms with E-state index in [2.05, 4.69) is 4.98 Å². The van der Waals surface area contributed by atoms with Gasteiger partial charge in [-0.2, -0.15) is 3.96 Å². The minimum absolute atomic E-state index is 0.212. The first-order valence-electron chi connectivity index (χ1n) is 5.54. The highest BCUT2D eigenvalue weighted by molar-refractivity contribution is 7.14. The lowest BCUT2D eigenvalue weighted by atomic mass is 10.4. The second-order valence-corrected chi connectivity index (χ2v) is 4.96. The molecule has 0 saturated carbocycles. The van der Waals surface area contributed by atoms with Crippen molar-refractivity contribution in [3.63, 3.8) is 0 Å². The summed E-state index contributed by atoms with van der Waals surface area (Å²) in [5.74, 6) is 0. The van der Waals surface area contributed by atoms with Crippen molar-refractivity contribution in [2.45, 2.75) is 12.8 Å². The largest absolute Gasteiger partial charge is 0.340 e. The lowest BCUT2D eigenvalue weighted by molar-refractivity contribution is 0.212. The molecular formula is C11H11N3O2S. The molecule has 6 heteroatoms. The van der Waals surface area contributed by atoms with Crippen LogP contribution in [0.2, 0.25) is 0 Å². The second kappa shape index (κ2) is 3.96. The van der Waals surface area contributed by atoms with Crippen LogP contribution in [0.4, 0.5) is 4.79 Å². The van der Waals surface area contributed by atoms with Gasteiger partial charge in [0, 0.05) is 19.3 Å². The quantitative estimate of drug-likeness (QED) is 0.711. The summed E-state index contributed by atoms with van der Waals surface area (Å²) < 4.78 is 1.21. The number of likely N-dealkylation sites (tertiary alicyclic amines) is 1. The third-order valence-electron chi connectivity index (χ3n) is 2.91. The molecule has 0 aliphatic carbocycles. The first-order chi connectivity index (χ1) is 8.27. The minimum Gasteiger partial charge on any atom is -0.323 e. The lowest BCUT2D eigenvalue weighted by Crippen LogP contribution is -2.35. The summed E-state index contributed by atoms with van der Waals surface area (Å²) in [6.07, 6.45) is 3.66. The molecule has 0 atom stereocenters. The van der Waals surface area contributed by atoms with Gasteiger partial charge >= 0.3 is 6.03 Å². The molecule has 0 aromatic carbocycles. The van der Waals surface area contributed by atoms with Gasteiger partial charge in [0.2, 0.25) is 0 Å². The molecule has 2 aromatic rings. The maximum atomic E-state index is 12.1. The molecule has 0 radical (unpaired) electrons. The van der Waals surface area contributed by atoms with E-state index in [1.54, 1.807) is 23.2 Å². The van der Waals surface area contributed by atoms with Crippen molar-refractivity contribution in [2.24, 2.45) is 0 Å². The van der Waals surface area contributed by atoms with Crippen LogP contribution in [-0.2, 0) is 0 Å². The van der Waals surface area contributed by atoms with Gasteiger partial charge < -0.3 is 4.90 Å². The SMILES string of the molecule is O=C(N1CCCC1)n1sc2ncccc2c1=O. The summed E-state index contributed by atoms with van der Waals surface area (Å²) in [4.78, 5) is 30.6. The van der Waals surface area contributed by atoms with Gasteiger partial charge in [0.05, 0.1) is 5.39 Å². The van der Waals surface area contributed by atoms with Gasteiger partial charge in [-0.3, -0.25) is 4.79 Å². The van der Waals surface area contributed by atoms with Gasteiger partial charge in [-0.1, -0.05) is 0 Å². The first kappa shape index (κ1) is 10.5. The van der Waals surface area contributed by atoms with Crippen LogP contribution in [0.1, 0.15) is 12.8 Å². The van der Waals surface area contributed by atoms with Gasteiger partial charge in [0.25, 0.3) is 5.56 Å². The third-order valence-corrected chi connectivity index (χ3v) is 3.92. The molecule has 1 aliphatic rings. The van der Waals surface area contributed by atoms with Gasteiger partial charge in [-0.25, -0.2) is 9.78 Å². The van der Waals surface area contributed by atoms with E-state index in [0.717, 1.165) is 37.5 Å². The molecule has 0 unspecified atom stereocenters. The number of fused-ring (bicyclic) bond motifs is 1. The van der Waals surface area contributed by atoms with Crippen molar-refractivity contribution in [1.82, 2.24) is 13.8 Å². The van der Waals surface area contributed by atoms with E-state index in [1.807, 2.05) is 0 Å². The zero-order chi connectivity index (χ0) is 11.8. The monoisotopic (exact) mass is 249 g/mol. The Morgan fingerprint density at radius 3 is 2.82 bits per heavy atom. The van der Waals surface area contributed by atoms with E-state index >= 15 is 0 Å². The molecule has 2 aromatic heterocycles. The molecule has 1 amide bonds. The molecule has 0 N–H and O–H groups in total. The number of carbonyl (C=O) groups is 1. The molecule has 0 spiro atoms. The van der Waals surface area contributed by atoms with Gasteiger partial charge in [0.1, 0.15) is 4.83 Å². The average molecular weight is 249 g/mol. The van der Waals surface area contributed by atoms with Crippen molar-refractivity contribution in [3.8, 4) is 0 Å². The predicted molar refractivity (Wildman–Crippen MR) is 65.5 cm³/mol. The summed E-state index contributed by atoms with van der Waals surface area (Å²) in [7, 11) is 0. The highest BCUT2D eigenvalue weighted by Gasteiger charge is 2.22. The number of rotatable bonds is 0. The van der Waals surface area contributed by atoms with E-state index in [1.165, 1.54) is 3.96 Å². The topological polar surface area (TPSA) is 55.2 Å². The van der Waals surface area contributed by atoms with E-state index in [4.69, 9.17) is 0 Å². The average Bonchev–Trinajstić information content (AvgIpc) is 2.97. The van der Waals surface area contributed by atoms with E-state index < -0.39 is 0 Å². The molecule has 1 saturated heterocycles. The number of amides is 1. The maximum Gasteiger partial charge on any atom is 0.340 e. The Morgan fingerprint density at radius 1 is 1.35 bits per heavy atom. The fourth-order valence-corrected chi connectivity index (χ4v) is 2.94. The number of hydrogen-bond donors (Lipinski definition) is 0. The fourth-order valence-electron chi connectivity index (χ4n) is 2.03. The fraction of sp³-hybridized carbons (Fsp3) is 0.364. The number of carbonyl (C=O) groups excluding carboxylic acids is 1. The Balaban J connectivity index is 2.08. The number of pyridine rings is 1. The van der Waals surface area contributed by atoms with Gasteiger partial charge in [0.15, 0.2) is 0 Å². The van der Waals surface area contributed by atoms with Crippen molar-refractivity contribution in [2.75, 3.05) is 13.1 Å². The Labute approximate surface area is 101 Å². The molecule has 1 fully saturated rings. The summed E-state index contributed by atoms with van der Waals surface area (Å²) >= 11 is 1.12. The van der Waals surface area contributed by atoms with Crippen molar-refractivity contribution >= 4 is 27.8 Å². The smallest absolute Gasteiger partial charge is 0.323 e. The van der Waals surface area contributed by atoms with Crippen molar-refractivity contribution < 1.29 is 4.79 Å². The summed E-state index contributed by atoms with van der Waals surface area (Å²) in [5, 5.41) is 0.519. The van der Waals surface area contributed by atoms with E-state index in [0.29, 0.717) is 10.2 Å². The van der Waals surface area contributed by atoms with Crippen LogP contribution in [0.3, 0.4) is 0 Å². The molecule has 5 nitrogen and oxygen atoms in total. The molecule has 17 heavy (non-hydrogen) atoms. The highest BCUT2D eigenvalue weighted by Crippen LogP contribution is 2.15. The van der Waals surface area contributed by atoms with Crippen LogP contribution in [-0.4, -0.2) is 33.0 Å². The summed E-state index contributed by atoms with van der Waals surface area (Å²) in [5.41, 5.74) is -0.255. The molecule has 88 valence electrons. The van der Waals surface area contributed by atoms with Crippen LogP contribution >= 0.6 is 11.5 Å². The third kappa shape index (κ3) is 1.64. The van der Waals surface area contributed by atoms with Crippen LogP contribution < -0.4 is 5.56 Å². The summed E-state index contributed by atoms with van der Waals surface area (Å²) in [6, 6.07) is 3.20. The second-order valence-electron chi connectivity index (χ2n) is 4.02. The Hall–Kier alpha value is -1.69. The zero-order valence-electron chi connectivity index (χ0n) is 9.13. The predicted octanol–water partition coefficient (Wildman–Crippen LogP) is 1.52. The standard InChI is InChI=1S/C11H11N3O2S/c15-10-8-4-3-5-12-9(8)17-14(10)11(16)13-6-1-2-7-13/h3-5H,1-2,6-7H2. The van der Waals surface area contributed by atoms with E-state index in [-0.39, 0.29) is 11.6 Å². The van der Waals surface area contributed by atoms with Gasteiger partial charge in [-0.15, -0.1) is 0 Å².